The molecule has 1 aromatic rings. The molecule has 2 heterocycles. The molecule has 6 nitrogen and oxygen atoms in total. The maximum absolute atomic E-state index is 12.6. The van der Waals surface area contributed by atoms with E-state index in [-0.39, 0.29) is 17.7 Å². The van der Waals surface area contributed by atoms with Gasteiger partial charge in [0, 0.05) is 24.8 Å². The molecule has 2 N–H and O–H groups in total. The number of primary amides is 1. The van der Waals surface area contributed by atoms with Crippen molar-refractivity contribution in [3.63, 3.8) is 0 Å². The van der Waals surface area contributed by atoms with Crippen LogP contribution >= 0.6 is 11.8 Å². The van der Waals surface area contributed by atoms with E-state index >= 15 is 0 Å². The quantitative estimate of drug-likeness (QED) is 0.814. The Kier molecular flexibility index (Phi) is 5.71. The summed E-state index contributed by atoms with van der Waals surface area (Å²) < 4.78 is 2.34. The number of nitrogens with two attached hydrogens (primary N) is 1. The Morgan fingerprint density at radius 3 is 2.60 bits per heavy atom. The summed E-state index contributed by atoms with van der Waals surface area (Å²) in [7, 11) is 0. The molecule has 1 unspecified atom stereocenters. The molecular weight excluding hydrogens is 336 g/mol. The molecule has 0 aromatic carbocycles. The number of imidazole rings is 1. The van der Waals surface area contributed by atoms with Crippen molar-refractivity contribution in [3.05, 3.63) is 11.4 Å². The highest BCUT2D eigenvalue weighted by molar-refractivity contribution is 7.99. The minimum atomic E-state index is -0.298. The van der Waals surface area contributed by atoms with E-state index in [0.29, 0.717) is 18.3 Å². The molecule has 0 spiro atoms. The van der Waals surface area contributed by atoms with Gasteiger partial charge in [0.05, 0.1) is 17.4 Å². The van der Waals surface area contributed by atoms with Crippen molar-refractivity contribution in [1.82, 2.24) is 14.5 Å². The molecule has 2 amide bonds. The smallest absolute Gasteiger partial charge is 0.233 e. The number of aryl methyl sites for hydroxylation is 1. The van der Waals surface area contributed by atoms with Gasteiger partial charge in [-0.1, -0.05) is 24.6 Å². The maximum atomic E-state index is 12.6. The Hall–Kier alpha value is -1.50. The molecule has 2 aliphatic rings. The topological polar surface area (TPSA) is 81.2 Å². The molecule has 0 bridgehead atoms. The fraction of sp³-hybridized carbons (Fsp3) is 0.722. The first kappa shape index (κ1) is 18.3. The van der Waals surface area contributed by atoms with E-state index in [1.807, 2.05) is 6.92 Å². The summed E-state index contributed by atoms with van der Waals surface area (Å²) >= 11 is 1.52. The molecule has 0 radical (unpaired) electrons. The number of hydrogen-bond acceptors (Lipinski definition) is 4. The highest BCUT2D eigenvalue weighted by Crippen LogP contribution is 2.35. The molecule has 7 heteroatoms. The zero-order valence-electron chi connectivity index (χ0n) is 15.2. The van der Waals surface area contributed by atoms with Crippen LogP contribution in [0.25, 0.3) is 0 Å². The van der Waals surface area contributed by atoms with Crippen LogP contribution in [0.5, 0.6) is 0 Å². The van der Waals surface area contributed by atoms with E-state index in [1.165, 1.54) is 43.1 Å². The van der Waals surface area contributed by atoms with E-state index in [9.17, 15) is 9.59 Å². The van der Waals surface area contributed by atoms with Crippen LogP contribution in [0.2, 0.25) is 0 Å². The Balaban J connectivity index is 1.64. The monoisotopic (exact) mass is 364 g/mol. The van der Waals surface area contributed by atoms with Gasteiger partial charge in [-0.3, -0.25) is 9.59 Å². The van der Waals surface area contributed by atoms with Crippen molar-refractivity contribution < 1.29 is 9.59 Å². The third-order valence-corrected chi connectivity index (χ3v) is 6.48. The molecule has 3 rings (SSSR count). The number of piperidine rings is 1. The zero-order chi connectivity index (χ0) is 18.0. The highest BCUT2D eigenvalue weighted by Gasteiger charge is 2.28. The number of carbonyl (C=O) groups excluding carboxylic acids is 2. The van der Waals surface area contributed by atoms with Crippen LogP contribution in [0.15, 0.2) is 5.16 Å². The lowest BCUT2D eigenvalue weighted by molar-refractivity contribution is -0.132. The lowest BCUT2D eigenvalue weighted by Crippen LogP contribution is -2.44. The zero-order valence-corrected chi connectivity index (χ0v) is 16.0. The summed E-state index contributed by atoms with van der Waals surface area (Å²) in [6.45, 7) is 5.34. The van der Waals surface area contributed by atoms with Crippen molar-refractivity contribution in [1.29, 1.82) is 0 Å². The van der Waals surface area contributed by atoms with Crippen LogP contribution < -0.4 is 5.73 Å². The van der Waals surface area contributed by atoms with Crippen molar-refractivity contribution in [2.75, 3.05) is 18.8 Å². The molecule has 1 atom stereocenters. The summed E-state index contributed by atoms with van der Waals surface area (Å²) in [6.07, 6.45) is 6.57. The summed E-state index contributed by atoms with van der Waals surface area (Å²) in [5, 5.41) is 0.957. The molecule has 1 saturated carbocycles. The van der Waals surface area contributed by atoms with Gasteiger partial charge < -0.3 is 15.2 Å². The molecule has 1 aliphatic carbocycles. The first-order chi connectivity index (χ1) is 12.0. The molecule has 2 fully saturated rings. The largest absolute Gasteiger partial charge is 0.369 e. The second-order valence-corrected chi connectivity index (χ2v) is 8.19. The number of nitrogens with zero attached hydrogens (tertiary/aromatic N) is 3. The Labute approximate surface area is 153 Å². The number of carbonyl (C=O) groups is 2. The lowest BCUT2D eigenvalue weighted by Gasteiger charge is -2.31. The van der Waals surface area contributed by atoms with Crippen molar-refractivity contribution in [3.8, 4) is 0 Å². The van der Waals surface area contributed by atoms with E-state index in [0.717, 1.165) is 30.2 Å². The van der Waals surface area contributed by atoms with Crippen LogP contribution in [0.3, 0.4) is 0 Å². The van der Waals surface area contributed by atoms with Gasteiger partial charge in [-0.15, -0.1) is 0 Å². The van der Waals surface area contributed by atoms with Gasteiger partial charge in [0.2, 0.25) is 11.8 Å². The summed E-state index contributed by atoms with van der Waals surface area (Å²) in [6, 6.07) is 0.521. The van der Waals surface area contributed by atoms with Crippen LogP contribution in [-0.4, -0.2) is 45.1 Å². The second kappa shape index (κ2) is 7.81. The summed E-state index contributed by atoms with van der Waals surface area (Å²) in [5.41, 5.74) is 7.67. The predicted octanol–water partition coefficient (Wildman–Crippen LogP) is 2.43. The Morgan fingerprint density at radius 1 is 1.20 bits per heavy atom. The van der Waals surface area contributed by atoms with Crippen LogP contribution in [0, 0.1) is 19.8 Å². The molecule has 1 aromatic heterocycles. The van der Waals surface area contributed by atoms with Crippen molar-refractivity contribution in [2.45, 2.75) is 63.6 Å². The second-order valence-electron chi connectivity index (χ2n) is 7.24. The van der Waals surface area contributed by atoms with Gasteiger partial charge in [-0.25, -0.2) is 4.98 Å². The molecule has 1 aliphatic heterocycles. The van der Waals surface area contributed by atoms with E-state index in [4.69, 9.17) is 10.7 Å². The van der Waals surface area contributed by atoms with Crippen molar-refractivity contribution in [2.24, 2.45) is 11.7 Å². The van der Waals surface area contributed by atoms with Gasteiger partial charge in [0.25, 0.3) is 0 Å². The number of hydrogen-bond donors (Lipinski definition) is 1. The van der Waals surface area contributed by atoms with Crippen LogP contribution in [0.4, 0.5) is 0 Å². The number of likely N-dealkylation sites (tertiary alicyclic amines) is 1. The maximum Gasteiger partial charge on any atom is 0.233 e. The van der Waals surface area contributed by atoms with Crippen molar-refractivity contribution >= 4 is 23.6 Å². The molecular formula is C18H28N4O2S. The number of rotatable bonds is 5. The lowest BCUT2D eigenvalue weighted by atomic mass is 9.97. The van der Waals surface area contributed by atoms with Gasteiger partial charge >= 0.3 is 0 Å². The minimum absolute atomic E-state index is 0.0761. The van der Waals surface area contributed by atoms with E-state index in [2.05, 4.69) is 11.5 Å². The highest BCUT2D eigenvalue weighted by atomic mass is 32.2. The third kappa shape index (κ3) is 4.02. The van der Waals surface area contributed by atoms with Gasteiger partial charge in [-0.2, -0.15) is 0 Å². The minimum Gasteiger partial charge on any atom is -0.369 e. The Bertz CT molecular complexity index is 652. The average molecular weight is 365 g/mol. The standard InChI is InChI=1S/C18H28N4O2S/c1-12-13(2)22(15-7-3-4-8-15)18(20-12)25-11-16(23)21-9-5-6-14(10-21)17(19)24/h14-15H,3-11H2,1-2H3,(H2,19,24). The van der Waals surface area contributed by atoms with E-state index < -0.39 is 0 Å². The number of aromatic nitrogens is 2. The molecule has 1 saturated heterocycles. The SMILES string of the molecule is Cc1nc(SCC(=O)N2CCCC(C(N)=O)C2)n(C2CCCC2)c1C. The van der Waals surface area contributed by atoms with Gasteiger partial charge in [0.15, 0.2) is 5.16 Å². The molecule has 138 valence electrons. The van der Waals surface area contributed by atoms with E-state index in [1.54, 1.807) is 4.90 Å². The predicted molar refractivity (Wildman–Crippen MR) is 98.4 cm³/mol. The van der Waals surface area contributed by atoms with Crippen LogP contribution in [0.1, 0.15) is 56.0 Å². The average Bonchev–Trinajstić information content (AvgIpc) is 3.21. The van der Waals surface area contributed by atoms with Gasteiger partial charge in [0.1, 0.15) is 0 Å². The van der Waals surface area contributed by atoms with Gasteiger partial charge in [-0.05, 0) is 39.5 Å². The fourth-order valence-electron chi connectivity index (χ4n) is 3.94. The summed E-state index contributed by atoms with van der Waals surface area (Å²) in [4.78, 5) is 30.5. The number of amides is 2. The summed E-state index contributed by atoms with van der Waals surface area (Å²) in [5.74, 6) is -0.0539. The first-order valence-corrected chi connectivity index (χ1v) is 10.2. The van der Waals surface area contributed by atoms with Crippen LogP contribution in [-0.2, 0) is 9.59 Å². The first-order valence-electron chi connectivity index (χ1n) is 9.22. The third-order valence-electron chi connectivity index (χ3n) is 5.55. The fourth-order valence-corrected chi connectivity index (χ4v) is 5.01. The number of thioether (sulfide) groups is 1. The molecule has 25 heavy (non-hydrogen) atoms. The Morgan fingerprint density at radius 2 is 1.92 bits per heavy atom. The normalized spacial score (nSPS) is 21.7.